The molecule has 0 atom stereocenters. The van der Waals surface area contributed by atoms with E-state index < -0.39 is 0 Å². The lowest BCUT2D eigenvalue weighted by Crippen LogP contribution is -1.98. The Morgan fingerprint density at radius 2 is 0.406 bits per heavy atom. The first-order valence-corrected chi connectivity index (χ1v) is 47.5. The van der Waals surface area contributed by atoms with E-state index in [9.17, 15) is 0 Å². The highest BCUT2D eigenvalue weighted by Gasteiger charge is 2.27. The fourth-order valence-corrected chi connectivity index (χ4v) is 22.4. The number of benzene rings is 23. The molecule has 0 saturated carbocycles. The number of fused-ring (bicyclic) bond motifs is 24. The summed E-state index contributed by atoms with van der Waals surface area (Å²) >= 11 is 0. The Morgan fingerprint density at radius 3 is 0.884 bits per heavy atom. The van der Waals surface area contributed by atoms with Crippen molar-refractivity contribution in [3.05, 3.63) is 522 Å². The zero-order valence-electron chi connectivity index (χ0n) is 75.3. The van der Waals surface area contributed by atoms with Crippen molar-refractivity contribution in [3.8, 4) is 89.8 Å². The van der Waals surface area contributed by atoms with Gasteiger partial charge >= 0.3 is 0 Å². The van der Waals surface area contributed by atoms with Gasteiger partial charge in [-0.15, -0.1) is 0 Å². The van der Waals surface area contributed by atoms with Gasteiger partial charge in [0.25, 0.3) is 0 Å². The van der Waals surface area contributed by atoms with E-state index in [2.05, 4.69) is 549 Å². The molecule has 0 N–H and O–H groups in total. The predicted octanol–water partition coefficient (Wildman–Crippen LogP) is 35.4. The van der Waals surface area contributed by atoms with Gasteiger partial charge in [-0.3, -0.25) is 0 Å². The molecular weight excluding hydrogens is 1670 g/mol. The van der Waals surface area contributed by atoms with Gasteiger partial charge in [-0.05, 0) is 210 Å². The molecule has 6 aromatic heterocycles. The van der Waals surface area contributed by atoms with Gasteiger partial charge in [0, 0.05) is 104 Å². The first-order valence-electron chi connectivity index (χ1n) is 47.5. The summed E-state index contributed by atoms with van der Waals surface area (Å²) < 4.78 is 14.7. The maximum atomic E-state index is 2.46. The standard InChI is InChI=1S/2C46H30N2.C40H26N2/c1-3-14-31(15-4-1)36-21-9-10-22-37(36)33-17-13-20-35(28-33)48-42-25-12-11-24-39(42)40-29-41-45(30-44(40)48)47(34-18-5-2-6-19-34)43-27-26-32-16-7-8-23-38(32)46(41)43;1-3-13-31(14-4-1)36-18-9-10-19-37(36)33-23-26-35(27-24-33)47-43-22-12-11-21-39(43)41-29-42-40-28-25-32-15-7-8-20-38(32)46(40)48(45(42)30-44(41)47)34-16-5-2-6-17-34;1-3-13-27(14-4-1)30-18-9-11-21-35(30)42-36-22-12-10-20-32(36)33-25-34-39(26-38(33)42)41(29-16-5-2-6-17-29)37-24-23-28-15-7-8-19-31(28)40(34)37/h2*1-30H;1-26H. The Balaban J connectivity index is 0.000000105. The fraction of sp³-hybridized carbons (Fsp3) is 0. The second-order valence-electron chi connectivity index (χ2n) is 36.1. The topological polar surface area (TPSA) is 29.6 Å². The van der Waals surface area contributed by atoms with Gasteiger partial charge in [0.15, 0.2) is 0 Å². The molecule has 0 aliphatic carbocycles. The third-order valence-electron chi connectivity index (χ3n) is 28.5. The first-order chi connectivity index (χ1) is 68.5. The summed E-state index contributed by atoms with van der Waals surface area (Å²) in [4.78, 5) is 0. The molecule has 138 heavy (non-hydrogen) atoms. The summed E-state index contributed by atoms with van der Waals surface area (Å²) in [5.74, 6) is 0. The summed E-state index contributed by atoms with van der Waals surface area (Å²) in [6, 6.07) is 189. The lowest BCUT2D eigenvalue weighted by atomic mass is 9.94. The van der Waals surface area contributed by atoms with E-state index in [0.717, 1.165) is 22.7 Å². The smallest absolute Gasteiger partial charge is 0.0619 e. The largest absolute Gasteiger partial charge is 0.309 e. The number of aromatic nitrogens is 6. The molecular formula is C132H86N6. The molecule has 6 heterocycles. The summed E-state index contributed by atoms with van der Waals surface area (Å²) in [7, 11) is 0. The monoisotopic (exact) mass is 1750 g/mol. The molecule has 0 aliphatic rings. The normalized spacial score (nSPS) is 11.8. The zero-order chi connectivity index (χ0) is 90.8. The maximum Gasteiger partial charge on any atom is 0.0619 e. The van der Waals surface area contributed by atoms with Crippen molar-refractivity contribution in [3.63, 3.8) is 0 Å². The van der Waals surface area contributed by atoms with Crippen LogP contribution in [0, 0.1) is 0 Å². The highest BCUT2D eigenvalue weighted by Crippen LogP contribution is 2.49. The summed E-state index contributed by atoms with van der Waals surface area (Å²) in [5, 5.41) is 22.8. The molecule has 29 aromatic rings. The minimum Gasteiger partial charge on any atom is -0.309 e. The molecule has 0 aliphatic heterocycles. The molecule has 6 heteroatoms. The summed E-state index contributed by atoms with van der Waals surface area (Å²) in [5.41, 5.74) is 33.7. The molecule has 0 bridgehead atoms. The Labute approximate surface area is 796 Å². The molecule has 644 valence electrons. The van der Waals surface area contributed by atoms with E-state index in [1.54, 1.807) is 0 Å². The second-order valence-corrected chi connectivity index (χ2v) is 36.1. The molecule has 6 nitrogen and oxygen atoms in total. The summed E-state index contributed by atoms with van der Waals surface area (Å²) in [6.07, 6.45) is 0. The third-order valence-corrected chi connectivity index (χ3v) is 28.5. The van der Waals surface area contributed by atoms with Gasteiger partial charge in [0.05, 0.1) is 71.9 Å². The van der Waals surface area contributed by atoms with E-state index in [1.165, 1.54) is 230 Å². The number of hydrogen-bond donors (Lipinski definition) is 0. The fourth-order valence-electron chi connectivity index (χ4n) is 22.4. The molecule has 23 aromatic carbocycles. The van der Waals surface area contributed by atoms with E-state index in [0.29, 0.717) is 0 Å². The molecule has 0 radical (unpaired) electrons. The van der Waals surface area contributed by atoms with Crippen LogP contribution in [0.5, 0.6) is 0 Å². The summed E-state index contributed by atoms with van der Waals surface area (Å²) in [6.45, 7) is 0. The van der Waals surface area contributed by atoms with Crippen LogP contribution in [0.2, 0.25) is 0 Å². The minimum absolute atomic E-state index is 1.15. The van der Waals surface area contributed by atoms with Crippen LogP contribution in [0.4, 0.5) is 0 Å². The number of para-hydroxylation sites is 7. The lowest BCUT2D eigenvalue weighted by Gasteiger charge is -2.14. The van der Waals surface area contributed by atoms with Crippen LogP contribution in [-0.2, 0) is 0 Å². The molecule has 0 amide bonds. The Morgan fingerprint density at radius 1 is 0.116 bits per heavy atom. The van der Waals surface area contributed by atoms with Crippen LogP contribution in [-0.4, -0.2) is 27.4 Å². The van der Waals surface area contributed by atoms with Crippen LogP contribution in [0.25, 0.3) is 253 Å². The number of rotatable bonds is 11. The van der Waals surface area contributed by atoms with Gasteiger partial charge in [-0.1, -0.05) is 388 Å². The molecule has 0 spiro atoms. The highest BCUT2D eigenvalue weighted by molar-refractivity contribution is 6.29. The van der Waals surface area contributed by atoms with E-state index in [4.69, 9.17) is 0 Å². The zero-order valence-corrected chi connectivity index (χ0v) is 75.3. The highest BCUT2D eigenvalue weighted by atomic mass is 15.0. The van der Waals surface area contributed by atoms with E-state index in [-0.39, 0.29) is 0 Å². The maximum absolute atomic E-state index is 2.46. The van der Waals surface area contributed by atoms with Crippen molar-refractivity contribution in [1.29, 1.82) is 0 Å². The molecule has 29 rings (SSSR count). The molecule has 0 fully saturated rings. The van der Waals surface area contributed by atoms with Gasteiger partial charge in [0.2, 0.25) is 0 Å². The van der Waals surface area contributed by atoms with Crippen LogP contribution in [0.15, 0.2) is 522 Å². The Kier molecular flexibility index (Phi) is 18.9. The van der Waals surface area contributed by atoms with Crippen LogP contribution < -0.4 is 0 Å². The van der Waals surface area contributed by atoms with Gasteiger partial charge in [-0.25, -0.2) is 0 Å². The van der Waals surface area contributed by atoms with Gasteiger partial charge in [0.1, 0.15) is 0 Å². The molecule has 0 saturated heterocycles. The Hall–Kier alpha value is -18.4. The van der Waals surface area contributed by atoms with E-state index >= 15 is 0 Å². The lowest BCUT2D eigenvalue weighted by molar-refractivity contribution is 1.16. The van der Waals surface area contributed by atoms with Crippen molar-refractivity contribution in [2.24, 2.45) is 0 Å². The van der Waals surface area contributed by atoms with Crippen LogP contribution >= 0.6 is 0 Å². The number of hydrogen-bond acceptors (Lipinski definition) is 0. The van der Waals surface area contributed by atoms with E-state index in [1.807, 2.05) is 0 Å². The minimum atomic E-state index is 1.15. The molecule has 0 unspecified atom stereocenters. The van der Waals surface area contributed by atoms with Crippen molar-refractivity contribution < 1.29 is 0 Å². The van der Waals surface area contributed by atoms with Crippen molar-refractivity contribution in [2.45, 2.75) is 0 Å². The van der Waals surface area contributed by atoms with Crippen LogP contribution in [0.1, 0.15) is 0 Å². The average molecular weight is 1760 g/mol. The quantitative estimate of drug-likeness (QED) is 0.124. The van der Waals surface area contributed by atoms with Crippen LogP contribution in [0.3, 0.4) is 0 Å². The predicted molar refractivity (Wildman–Crippen MR) is 585 cm³/mol. The average Bonchev–Trinajstić information content (AvgIpc) is 1.55. The second kappa shape index (κ2) is 32.8. The third kappa shape index (κ3) is 12.9. The van der Waals surface area contributed by atoms with Crippen molar-refractivity contribution in [1.82, 2.24) is 27.4 Å². The SMILES string of the molecule is c1ccc(-c2ccccc2-c2ccc(-n3c4ccccc4c4cc5c6ccc7ccccc7c6n(-c6ccccc6)c5cc43)cc2)cc1.c1ccc(-c2ccccc2-c2cccc(-n3c4ccccc4c4cc5c6c7ccccc7ccc6n(-c6ccccc6)c5cc43)c2)cc1.c1ccc(-c2ccccc2-n2c3ccccc3c3cc4c5c6ccccc6ccc5n(-c5ccccc5)c4cc32)cc1. The Bertz CT molecular complexity index is 9860. The first kappa shape index (κ1) is 79.4. The van der Waals surface area contributed by atoms with Gasteiger partial charge in [-0.2, -0.15) is 0 Å². The van der Waals surface area contributed by atoms with Crippen molar-refractivity contribution in [2.75, 3.05) is 0 Å². The van der Waals surface area contributed by atoms with Gasteiger partial charge < -0.3 is 27.4 Å². The van der Waals surface area contributed by atoms with Crippen molar-refractivity contribution >= 4 is 163 Å². The number of nitrogens with zero attached hydrogens (tertiary/aromatic N) is 6.